The molecule has 2 rings (SSSR count). The Morgan fingerprint density at radius 2 is 2.05 bits per heavy atom. The molecule has 0 aliphatic rings. The van der Waals surface area contributed by atoms with Crippen molar-refractivity contribution >= 4 is 0 Å². The van der Waals surface area contributed by atoms with E-state index < -0.39 is 6.29 Å². The maximum atomic E-state index is 9.17. The first-order valence-electron chi connectivity index (χ1n) is 6.44. The van der Waals surface area contributed by atoms with E-state index in [1.807, 2.05) is 32.0 Å². The Balaban J connectivity index is 1.93. The highest BCUT2D eigenvalue weighted by Crippen LogP contribution is 2.21. The molecular formula is C15H18N2O3. The summed E-state index contributed by atoms with van der Waals surface area (Å²) in [6, 6.07) is 7.43. The molecule has 0 fully saturated rings. The second kappa shape index (κ2) is 6.98. The predicted molar refractivity (Wildman–Crippen MR) is 74.0 cm³/mol. The van der Waals surface area contributed by atoms with Gasteiger partial charge in [0.15, 0.2) is 6.29 Å². The summed E-state index contributed by atoms with van der Waals surface area (Å²) in [6.45, 7) is 3.96. The van der Waals surface area contributed by atoms with Gasteiger partial charge in [0, 0.05) is 18.0 Å². The number of aliphatic hydroxyl groups is 1. The molecule has 106 valence electrons. The van der Waals surface area contributed by atoms with Gasteiger partial charge in [0.2, 0.25) is 0 Å². The van der Waals surface area contributed by atoms with Gasteiger partial charge in [-0.1, -0.05) is 6.07 Å². The highest BCUT2D eigenvalue weighted by atomic mass is 16.7. The lowest BCUT2D eigenvalue weighted by molar-refractivity contribution is -0.0773. The topological polar surface area (TPSA) is 64.5 Å². The number of rotatable bonds is 6. The summed E-state index contributed by atoms with van der Waals surface area (Å²) < 4.78 is 11.3. The van der Waals surface area contributed by atoms with Crippen LogP contribution in [0.1, 0.15) is 23.9 Å². The molecule has 0 saturated heterocycles. The lowest BCUT2D eigenvalue weighted by Crippen LogP contribution is -2.17. The van der Waals surface area contributed by atoms with Crippen molar-refractivity contribution in [2.24, 2.45) is 0 Å². The first kappa shape index (κ1) is 14.4. The SMILES string of the molecule is Cc1c(OC(C)OCc2ccccn2)ccnc1CO. The van der Waals surface area contributed by atoms with Crippen LogP contribution >= 0.6 is 0 Å². The highest BCUT2D eigenvalue weighted by Gasteiger charge is 2.10. The van der Waals surface area contributed by atoms with Crippen LogP contribution in [0.4, 0.5) is 0 Å². The van der Waals surface area contributed by atoms with Gasteiger partial charge in [-0.2, -0.15) is 0 Å². The standard InChI is InChI=1S/C15H18N2O3/c1-11-14(9-18)17-8-6-15(11)20-12(2)19-10-13-5-3-4-7-16-13/h3-8,12,18H,9-10H2,1-2H3. The molecular weight excluding hydrogens is 256 g/mol. The van der Waals surface area contributed by atoms with Gasteiger partial charge in [0.05, 0.1) is 24.6 Å². The molecule has 1 N–H and O–H groups in total. The quantitative estimate of drug-likeness (QED) is 0.818. The number of hydrogen-bond donors (Lipinski definition) is 1. The molecule has 0 spiro atoms. The zero-order chi connectivity index (χ0) is 14.4. The van der Waals surface area contributed by atoms with E-state index in [2.05, 4.69) is 9.97 Å². The molecule has 0 aliphatic heterocycles. The third-order valence-electron chi connectivity index (χ3n) is 2.89. The molecule has 2 aromatic rings. The Hall–Kier alpha value is -1.98. The predicted octanol–water partition coefficient (Wildman–Crippen LogP) is 2.22. The fraction of sp³-hybridized carbons (Fsp3) is 0.333. The molecule has 1 atom stereocenters. The van der Waals surface area contributed by atoms with Gasteiger partial charge >= 0.3 is 0 Å². The Bertz CT molecular complexity index is 546. The smallest absolute Gasteiger partial charge is 0.197 e. The highest BCUT2D eigenvalue weighted by molar-refractivity contribution is 5.34. The maximum absolute atomic E-state index is 9.17. The van der Waals surface area contributed by atoms with E-state index in [0.717, 1.165) is 11.3 Å². The third-order valence-corrected chi connectivity index (χ3v) is 2.89. The Morgan fingerprint density at radius 3 is 2.75 bits per heavy atom. The van der Waals surface area contributed by atoms with Crippen LogP contribution in [0.2, 0.25) is 0 Å². The van der Waals surface area contributed by atoms with Crippen molar-refractivity contribution in [3.05, 3.63) is 53.6 Å². The van der Waals surface area contributed by atoms with E-state index in [1.165, 1.54) is 0 Å². The summed E-state index contributed by atoms with van der Waals surface area (Å²) in [5.74, 6) is 0.664. The molecule has 5 heteroatoms. The lowest BCUT2D eigenvalue weighted by atomic mass is 10.2. The first-order valence-corrected chi connectivity index (χ1v) is 6.44. The van der Waals surface area contributed by atoms with Crippen LogP contribution in [0.5, 0.6) is 5.75 Å². The zero-order valence-electron chi connectivity index (χ0n) is 11.6. The van der Waals surface area contributed by atoms with E-state index in [0.29, 0.717) is 18.1 Å². The normalized spacial score (nSPS) is 12.2. The molecule has 2 aromatic heterocycles. The third kappa shape index (κ3) is 3.76. The van der Waals surface area contributed by atoms with Gasteiger partial charge in [-0.3, -0.25) is 9.97 Å². The van der Waals surface area contributed by atoms with E-state index in [9.17, 15) is 5.11 Å². The Labute approximate surface area is 118 Å². The van der Waals surface area contributed by atoms with Crippen molar-refractivity contribution in [3.63, 3.8) is 0 Å². The van der Waals surface area contributed by atoms with Crippen molar-refractivity contribution in [1.29, 1.82) is 0 Å². The summed E-state index contributed by atoms with van der Waals surface area (Å²) in [5, 5.41) is 9.17. The summed E-state index contributed by atoms with van der Waals surface area (Å²) >= 11 is 0. The van der Waals surface area contributed by atoms with E-state index >= 15 is 0 Å². The van der Waals surface area contributed by atoms with Crippen molar-refractivity contribution < 1.29 is 14.6 Å². The van der Waals surface area contributed by atoms with Crippen LogP contribution in [0.15, 0.2) is 36.7 Å². The maximum Gasteiger partial charge on any atom is 0.197 e. The molecule has 0 radical (unpaired) electrons. The monoisotopic (exact) mass is 274 g/mol. The van der Waals surface area contributed by atoms with Gasteiger partial charge in [0.1, 0.15) is 5.75 Å². The molecule has 2 heterocycles. The molecule has 1 unspecified atom stereocenters. The molecule has 0 bridgehead atoms. The minimum atomic E-state index is -0.412. The van der Waals surface area contributed by atoms with Gasteiger partial charge in [-0.15, -0.1) is 0 Å². The van der Waals surface area contributed by atoms with Crippen LogP contribution in [0.3, 0.4) is 0 Å². The van der Waals surface area contributed by atoms with Gasteiger partial charge in [-0.05, 0) is 32.0 Å². The molecule has 0 saturated carbocycles. The summed E-state index contributed by atoms with van der Waals surface area (Å²) in [4.78, 5) is 8.26. The van der Waals surface area contributed by atoms with Crippen LogP contribution < -0.4 is 4.74 Å². The van der Waals surface area contributed by atoms with Crippen LogP contribution in [0.25, 0.3) is 0 Å². The molecule has 0 aliphatic carbocycles. The number of aliphatic hydroxyl groups excluding tert-OH is 1. The van der Waals surface area contributed by atoms with Gasteiger partial charge in [-0.25, -0.2) is 0 Å². The number of nitrogens with zero attached hydrogens (tertiary/aromatic N) is 2. The van der Waals surface area contributed by atoms with E-state index in [4.69, 9.17) is 9.47 Å². The second-order valence-corrected chi connectivity index (χ2v) is 4.36. The average molecular weight is 274 g/mol. The first-order chi connectivity index (χ1) is 9.70. The van der Waals surface area contributed by atoms with Crippen molar-refractivity contribution in [2.45, 2.75) is 33.4 Å². The molecule has 0 aromatic carbocycles. The molecule has 5 nitrogen and oxygen atoms in total. The minimum Gasteiger partial charge on any atom is -0.465 e. The van der Waals surface area contributed by atoms with Crippen LogP contribution in [0, 0.1) is 6.92 Å². The summed E-state index contributed by atoms with van der Waals surface area (Å²) in [7, 11) is 0. The van der Waals surface area contributed by atoms with Crippen molar-refractivity contribution in [3.8, 4) is 5.75 Å². The number of aromatic nitrogens is 2. The average Bonchev–Trinajstić information content (AvgIpc) is 2.48. The van der Waals surface area contributed by atoms with E-state index in [1.54, 1.807) is 18.5 Å². The molecule has 0 amide bonds. The zero-order valence-corrected chi connectivity index (χ0v) is 11.6. The summed E-state index contributed by atoms with van der Waals surface area (Å²) in [6.07, 6.45) is 2.93. The largest absolute Gasteiger partial charge is 0.465 e. The van der Waals surface area contributed by atoms with Crippen molar-refractivity contribution in [2.75, 3.05) is 0 Å². The van der Waals surface area contributed by atoms with Crippen LogP contribution in [-0.4, -0.2) is 21.4 Å². The minimum absolute atomic E-state index is 0.105. The second-order valence-electron chi connectivity index (χ2n) is 4.36. The number of ether oxygens (including phenoxy) is 2. The Morgan fingerprint density at radius 1 is 1.20 bits per heavy atom. The molecule has 20 heavy (non-hydrogen) atoms. The van der Waals surface area contributed by atoms with Gasteiger partial charge < -0.3 is 14.6 Å². The fourth-order valence-corrected chi connectivity index (χ4v) is 1.75. The number of hydrogen-bond acceptors (Lipinski definition) is 5. The van der Waals surface area contributed by atoms with E-state index in [-0.39, 0.29) is 6.61 Å². The van der Waals surface area contributed by atoms with Gasteiger partial charge in [0.25, 0.3) is 0 Å². The Kier molecular flexibility index (Phi) is 5.03. The summed E-state index contributed by atoms with van der Waals surface area (Å²) in [5.41, 5.74) is 2.29. The van der Waals surface area contributed by atoms with Crippen molar-refractivity contribution in [1.82, 2.24) is 9.97 Å². The lowest BCUT2D eigenvalue weighted by Gasteiger charge is -2.17. The van der Waals surface area contributed by atoms with Crippen LogP contribution in [-0.2, 0) is 18.0 Å². The number of pyridine rings is 2. The fourth-order valence-electron chi connectivity index (χ4n) is 1.75.